The zero-order valence-corrected chi connectivity index (χ0v) is 18.4. The molecule has 0 amide bonds. The van der Waals surface area contributed by atoms with Crippen molar-refractivity contribution in [3.05, 3.63) is 70.8 Å². The van der Waals surface area contributed by atoms with Crippen LogP contribution in [0.5, 0.6) is 0 Å². The number of hydrogen-bond donors (Lipinski definition) is 1. The molecule has 0 aromatic heterocycles. The summed E-state index contributed by atoms with van der Waals surface area (Å²) < 4.78 is 26.5. The van der Waals surface area contributed by atoms with Gasteiger partial charge in [-0.2, -0.15) is 0 Å². The summed E-state index contributed by atoms with van der Waals surface area (Å²) in [6.07, 6.45) is 2.45. The third kappa shape index (κ3) is 4.40. The first-order valence-corrected chi connectivity index (χ1v) is 11.7. The number of aryl methyl sites for hydroxylation is 1. The summed E-state index contributed by atoms with van der Waals surface area (Å²) in [6.45, 7) is 5.63. The van der Waals surface area contributed by atoms with E-state index in [2.05, 4.69) is 36.1 Å². The molecule has 1 aliphatic carbocycles. The van der Waals surface area contributed by atoms with E-state index in [9.17, 15) is 8.78 Å². The van der Waals surface area contributed by atoms with Gasteiger partial charge in [0, 0.05) is 31.1 Å². The van der Waals surface area contributed by atoms with E-state index < -0.39 is 11.6 Å². The van der Waals surface area contributed by atoms with Crippen LogP contribution in [0.3, 0.4) is 0 Å². The third-order valence-electron chi connectivity index (χ3n) is 6.47. The van der Waals surface area contributed by atoms with Crippen LogP contribution in [0.15, 0.2) is 42.5 Å². The van der Waals surface area contributed by atoms with Gasteiger partial charge in [-0.25, -0.2) is 8.78 Å². The molecule has 0 radical (unpaired) electrons. The Bertz CT molecular complexity index is 917. The molecule has 2 atom stereocenters. The minimum atomic E-state index is -0.912. The Hall–Kier alpha value is -1.92. The van der Waals surface area contributed by atoms with Crippen molar-refractivity contribution in [2.24, 2.45) is 5.92 Å². The van der Waals surface area contributed by atoms with E-state index in [0.717, 1.165) is 36.8 Å². The lowest BCUT2D eigenvalue weighted by molar-refractivity contribution is 0.299. The highest BCUT2D eigenvalue weighted by atomic mass is 32.2. The van der Waals surface area contributed by atoms with Gasteiger partial charge in [-0.1, -0.05) is 29.8 Å². The number of likely N-dealkylation sites (tertiary alicyclic amines) is 1. The first kappa shape index (κ1) is 21.3. The highest BCUT2D eigenvalue weighted by Crippen LogP contribution is 2.58. The lowest BCUT2D eigenvalue weighted by Crippen LogP contribution is -2.28. The molecule has 1 saturated heterocycles. The highest BCUT2D eigenvalue weighted by molar-refractivity contribution is 7.99. The molecule has 1 aliphatic heterocycles. The average molecular weight is 430 g/mol. The molecule has 1 N–H and O–H groups in total. The van der Waals surface area contributed by atoms with E-state index in [0.29, 0.717) is 16.9 Å². The molecule has 0 bridgehead atoms. The Labute approximate surface area is 182 Å². The number of nitrogens with one attached hydrogen (secondary N) is 1. The molecule has 30 heavy (non-hydrogen) atoms. The normalized spacial score (nSPS) is 22.7. The van der Waals surface area contributed by atoms with Crippen molar-refractivity contribution >= 4 is 17.6 Å². The van der Waals surface area contributed by atoms with Crippen LogP contribution in [0.1, 0.15) is 29.5 Å². The number of piperidine rings is 1. The van der Waals surface area contributed by atoms with Gasteiger partial charge in [0.05, 0.1) is 5.88 Å². The van der Waals surface area contributed by atoms with Crippen molar-refractivity contribution in [2.45, 2.75) is 25.2 Å². The van der Waals surface area contributed by atoms with Crippen molar-refractivity contribution in [3.8, 4) is 0 Å². The molecule has 1 saturated carbocycles. The fourth-order valence-electron chi connectivity index (χ4n) is 4.61. The first-order valence-electron chi connectivity index (χ1n) is 10.5. The first-order chi connectivity index (χ1) is 14.4. The lowest BCUT2D eigenvalue weighted by atomic mass is 9.94. The minimum absolute atomic E-state index is 0.209. The number of halogens is 2. The minimum Gasteiger partial charge on any atom is -0.350 e. The second kappa shape index (κ2) is 8.67. The van der Waals surface area contributed by atoms with Crippen LogP contribution in [0.4, 0.5) is 8.78 Å². The predicted octanol–water partition coefficient (Wildman–Crippen LogP) is 4.88. The van der Waals surface area contributed by atoms with E-state index in [1.54, 1.807) is 16.7 Å². The standard InChI is InChI=1S/C24H29F2N3S/c1-17-4-7-19(8-5-17)24-13-20(24)14-29(15-24)10-3-11-30-16-28(2)23(27)18-6-9-21(25)22(26)12-18/h4-9,12,20,27H,3,10-11,13-16H2,1-2H3/t20?,24-/m1/s1. The maximum atomic E-state index is 13.4. The largest absolute Gasteiger partial charge is 0.350 e. The number of hydrogen-bond acceptors (Lipinski definition) is 3. The van der Waals surface area contributed by atoms with Gasteiger partial charge in [-0.3, -0.25) is 5.41 Å². The zero-order chi connectivity index (χ0) is 21.3. The summed E-state index contributed by atoms with van der Waals surface area (Å²) in [5.74, 6) is 0.913. The highest BCUT2D eigenvalue weighted by Gasteiger charge is 2.60. The van der Waals surface area contributed by atoms with Crippen LogP contribution >= 0.6 is 11.8 Å². The van der Waals surface area contributed by atoms with Crippen molar-refractivity contribution < 1.29 is 8.78 Å². The fraction of sp³-hybridized carbons (Fsp3) is 0.458. The maximum absolute atomic E-state index is 13.4. The number of fused-ring (bicyclic) bond motifs is 1. The smallest absolute Gasteiger partial charge is 0.159 e. The van der Waals surface area contributed by atoms with Gasteiger partial charge >= 0.3 is 0 Å². The Morgan fingerprint density at radius 3 is 2.70 bits per heavy atom. The molecular weight excluding hydrogens is 400 g/mol. The Kier molecular flexibility index (Phi) is 6.16. The average Bonchev–Trinajstić information content (AvgIpc) is 3.31. The third-order valence-corrected chi connectivity index (χ3v) is 7.61. The molecule has 1 heterocycles. The summed E-state index contributed by atoms with van der Waals surface area (Å²) in [6, 6.07) is 12.7. The summed E-state index contributed by atoms with van der Waals surface area (Å²) in [4.78, 5) is 4.37. The Morgan fingerprint density at radius 2 is 1.97 bits per heavy atom. The van der Waals surface area contributed by atoms with E-state index in [4.69, 9.17) is 5.41 Å². The van der Waals surface area contributed by atoms with Crippen LogP contribution < -0.4 is 0 Å². The fourth-order valence-corrected chi connectivity index (χ4v) is 5.47. The molecule has 2 aliphatic rings. The van der Waals surface area contributed by atoms with Crippen molar-refractivity contribution in [3.63, 3.8) is 0 Å². The second-order valence-corrected chi connectivity index (χ2v) is 9.80. The molecule has 160 valence electrons. The number of thioether (sulfide) groups is 1. The van der Waals surface area contributed by atoms with E-state index >= 15 is 0 Å². The number of benzene rings is 2. The molecule has 2 aromatic rings. The molecular formula is C24H29F2N3S. The molecule has 2 aromatic carbocycles. The second-order valence-electron chi connectivity index (χ2n) is 8.72. The summed E-state index contributed by atoms with van der Waals surface area (Å²) >= 11 is 1.77. The summed E-state index contributed by atoms with van der Waals surface area (Å²) in [5, 5.41) is 8.18. The molecule has 1 unspecified atom stereocenters. The van der Waals surface area contributed by atoms with E-state index in [1.165, 1.54) is 36.7 Å². The van der Waals surface area contributed by atoms with Gasteiger partial charge in [0.2, 0.25) is 0 Å². The Morgan fingerprint density at radius 1 is 1.20 bits per heavy atom. The quantitative estimate of drug-likeness (QED) is 0.281. The molecule has 2 fully saturated rings. The van der Waals surface area contributed by atoms with Crippen LogP contribution in [0.2, 0.25) is 0 Å². The monoisotopic (exact) mass is 429 g/mol. The van der Waals surface area contributed by atoms with Crippen molar-refractivity contribution in [1.82, 2.24) is 9.80 Å². The van der Waals surface area contributed by atoms with Crippen molar-refractivity contribution in [1.29, 1.82) is 5.41 Å². The van der Waals surface area contributed by atoms with Gasteiger partial charge in [0.15, 0.2) is 11.6 Å². The van der Waals surface area contributed by atoms with Crippen LogP contribution in [-0.2, 0) is 5.41 Å². The summed E-state index contributed by atoms with van der Waals surface area (Å²) in [7, 11) is 1.82. The van der Waals surface area contributed by atoms with Crippen LogP contribution in [0.25, 0.3) is 0 Å². The van der Waals surface area contributed by atoms with Crippen LogP contribution in [0, 0.1) is 29.9 Å². The van der Waals surface area contributed by atoms with Gasteiger partial charge < -0.3 is 9.80 Å². The van der Waals surface area contributed by atoms with Gasteiger partial charge in [-0.15, -0.1) is 11.8 Å². The number of amidine groups is 1. The van der Waals surface area contributed by atoms with E-state index in [1.807, 2.05) is 7.05 Å². The topological polar surface area (TPSA) is 30.3 Å². The van der Waals surface area contributed by atoms with Gasteiger partial charge in [0.25, 0.3) is 0 Å². The number of nitrogens with zero attached hydrogens (tertiary/aromatic N) is 2. The molecule has 3 nitrogen and oxygen atoms in total. The van der Waals surface area contributed by atoms with Gasteiger partial charge in [0.1, 0.15) is 5.84 Å². The molecule has 4 rings (SSSR count). The molecule has 0 spiro atoms. The Balaban J connectivity index is 1.17. The lowest BCUT2D eigenvalue weighted by Gasteiger charge is -2.22. The van der Waals surface area contributed by atoms with Gasteiger partial charge in [-0.05, 0) is 61.7 Å². The van der Waals surface area contributed by atoms with Crippen LogP contribution in [-0.4, -0.2) is 53.9 Å². The zero-order valence-electron chi connectivity index (χ0n) is 17.6. The molecule has 6 heteroatoms. The SMILES string of the molecule is Cc1ccc([C@]23CC2CN(CCCSCN(C)C(=N)c2ccc(F)c(F)c2)C3)cc1. The van der Waals surface area contributed by atoms with E-state index in [-0.39, 0.29) is 5.84 Å². The number of rotatable bonds is 8. The summed E-state index contributed by atoms with van der Waals surface area (Å²) in [5.41, 5.74) is 3.63. The van der Waals surface area contributed by atoms with Crippen molar-refractivity contribution in [2.75, 3.05) is 38.3 Å². The maximum Gasteiger partial charge on any atom is 0.159 e. The predicted molar refractivity (Wildman–Crippen MR) is 120 cm³/mol.